The van der Waals surface area contributed by atoms with E-state index in [2.05, 4.69) is 0 Å². The standard InChI is InChI=1S/C11H15NO4/c1-8-6-9(16-7-11(2,3)13)4-5-10(8)12(14)15/h4-6,13H,7H2,1-3H3. The topological polar surface area (TPSA) is 72.6 Å². The maximum absolute atomic E-state index is 10.6. The molecule has 1 aromatic carbocycles. The van der Waals surface area contributed by atoms with Crippen molar-refractivity contribution in [3.05, 3.63) is 33.9 Å². The van der Waals surface area contributed by atoms with Crippen LogP contribution in [0.3, 0.4) is 0 Å². The average molecular weight is 225 g/mol. The third kappa shape index (κ3) is 3.51. The van der Waals surface area contributed by atoms with Crippen LogP contribution < -0.4 is 4.74 Å². The fourth-order valence-electron chi connectivity index (χ4n) is 1.18. The van der Waals surface area contributed by atoms with E-state index in [0.29, 0.717) is 11.3 Å². The number of hydrogen-bond acceptors (Lipinski definition) is 4. The lowest BCUT2D eigenvalue weighted by Crippen LogP contribution is -2.27. The van der Waals surface area contributed by atoms with Gasteiger partial charge in [0.15, 0.2) is 0 Å². The summed E-state index contributed by atoms with van der Waals surface area (Å²) < 4.78 is 5.31. The maximum atomic E-state index is 10.6. The molecular weight excluding hydrogens is 210 g/mol. The van der Waals surface area contributed by atoms with E-state index < -0.39 is 10.5 Å². The molecule has 0 saturated heterocycles. The van der Waals surface area contributed by atoms with Crippen molar-refractivity contribution in [2.75, 3.05) is 6.61 Å². The zero-order chi connectivity index (χ0) is 12.3. The highest BCUT2D eigenvalue weighted by molar-refractivity contribution is 5.44. The van der Waals surface area contributed by atoms with Crippen LogP contribution in [0.5, 0.6) is 5.75 Å². The normalized spacial score (nSPS) is 11.2. The third-order valence-corrected chi connectivity index (χ3v) is 1.96. The molecule has 5 heteroatoms. The Kier molecular flexibility index (Phi) is 3.49. The average Bonchev–Trinajstić information content (AvgIpc) is 2.13. The van der Waals surface area contributed by atoms with Gasteiger partial charge in [0.25, 0.3) is 5.69 Å². The zero-order valence-electron chi connectivity index (χ0n) is 9.56. The molecule has 0 aliphatic carbocycles. The van der Waals surface area contributed by atoms with E-state index in [1.165, 1.54) is 12.1 Å². The lowest BCUT2D eigenvalue weighted by molar-refractivity contribution is -0.385. The van der Waals surface area contributed by atoms with Gasteiger partial charge in [-0.2, -0.15) is 0 Å². The Morgan fingerprint density at radius 3 is 2.56 bits per heavy atom. The number of nitro benzene ring substituents is 1. The molecule has 0 aliphatic rings. The van der Waals surface area contributed by atoms with E-state index in [1.54, 1.807) is 26.8 Å². The number of nitrogens with zero attached hydrogens (tertiary/aromatic N) is 1. The minimum Gasteiger partial charge on any atom is -0.491 e. The Labute approximate surface area is 93.8 Å². The summed E-state index contributed by atoms with van der Waals surface area (Å²) in [7, 11) is 0. The fraction of sp³-hybridized carbons (Fsp3) is 0.455. The van der Waals surface area contributed by atoms with Crippen LogP contribution in [0.1, 0.15) is 19.4 Å². The minimum atomic E-state index is -0.921. The van der Waals surface area contributed by atoms with E-state index in [-0.39, 0.29) is 12.3 Å². The van der Waals surface area contributed by atoms with E-state index in [4.69, 9.17) is 4.74 Å². The van der Waals surface area contributed by atoms with Gasteiger partial charge in [0.2, 0.25) is 0 Å². The smallest absolute Gasteiger partial charge is 0.272 e. The molecule has 0 heterocycles. The van der Waals surface area contributed by atoms with Crippen LogP contribution >= 0.6 is 0 Å². The molecular formula is C11H15NO4. The van der Waals surface area contributed by atoms with Gasteiger partial charge in [0, 0.05) is 11.6 Å². The molecule has 0 radical (unpaired) electrons. The van der Waals surface area contributed by atoms with Gasteiger partial charge in [-0.05, 0) is 32.9 Å². The third-order valence-electron chi connectivity index (χ3n) is 1.96. The lowest BCUT2D eigenvalue weighted by atomic mass is 10.1. The molecule has 0 saturated carbocycles. The van der Waals surface area contributed by atoms with Crippen molar-refractivity contribution >= 4 is 5.69 Å². The molecule has 0 bridgehead atoms. The molecule has 0 unspecified atom stereocenters. The molecule has 1 aromatic rings. The van der Waals surface area contributed by atoms with Crippen LogP contribution in [-0.2, 0) is 0 Å². The summed E-state index contributed by atoms with van der Waals surface area (Å²) in [4.78, 5) is 10.1. The summed E-state index contributed by atoms with van der Waals surface area (Å²) in [5, 5.41) is 20.0. The van der Waals surface area contributed by atoms with Crippen LogP contribution in [0.4, 0.5) is 5.69 Å². The molecule has 0 atom stereocenters. The first-order chi connectivity index (χ1) is 7.29. The number of hydrogen-bond donors (Lipinski definition) is 1. The summed E-state index contributed by atoms with van der Waals surface area (Å²) in [5.74, 6) is 0.519. The van der Waals surface area contributed by atoms with Crippen molar-refractivity contribution in [2.24, 2.45) is 0 Å². The second-order valence-electron chi connectivity index (χ2n) is 4.31. The molecule has 1 N–H and O–H groups in total. The second kappa shape index (κ2) is 4.49. The van der Waals surface area contributed by atoms with E-state index in [1.807, 2.05) is 0 Å². The number of ether oxygens (including phenoxy) is 1. The summed E-state index contributed by atoms with van der Waals surface area (Å²) in [6, 6.07) is 4.51. The van der Waals surface area contributed by atoms with E-state index >= 15 is 0 Å². The molecule has 0 spiro atoms. The van der Waals surface area contributed by atoms with Crippen LogP contribution in [-0.4, -0.2) is 22.2 Å². The Hall–Kier alpha value is -1.62. The van der Waals surface area contributed by atoms with Crippen molar-refractivity contribution < 1.29 is 14.8 Å². The summed E-state index contributed by atoms with van der Waals surface area (Å²) in [6.07, 6.45) is 0. The van der Waals surface area contributed by atoms with Crippen molar-refractivity contribution in [1.29, 1.82) is 0 Å². The molecule has 88 valence electrons. The fourth-order valence-corrected chi connectivity index (χ4v) is 1.18. The largest absolute Gasteiger partial charge is 0.491 e. The summed E-state index contributed by atoms with van der Waals surface area (Å²) >= 11 is 0. The molecule has 0 fully saturated rings. The Morgan fingerprint density at radius 1 is 1.50 bits per heavy atom. The summed E-state index contributed by atoms with van der Waals surface area (Å²) in [5.41, 5.74) is -0.316. The van der Waals surface area contributed by atoms with Gasteiger partial charge in [-0.25, -0.2) is 0 Å². The van der Waals surface area contributed by atoms with E-state index in [0.717, 1.165) is 0 Å². The van der Waals surface area contributed by atoms with Crippen LogP contribution in [0.25, 0.3) is 0 Å². The van der Waals surface area contributed by atoms with Crippen LogP contribution in [0.2, 0.25) is 0 Å². The zero-order valence-corrected chi connectivity index (χ0v) is 9.56. The Balaban J connectivity index is 2.78. The first-order valence-electron chi connectivity index (χ1n) is 4.90. The predicted octanol–water partition coefficient (Wildman–Crippen LogP) is 2.05. The van der Waals surface area contributed by atoms with Crippen LogP contribution in [0, 0.1) is 17.0 Å². The summed E-state index contributed by atoms with van der Waals surface area (Å²) in [6.45, 7) is 5.05. The molecule has 0 aromatic heterocycles. The number of benzene rings is 1. The SMILES string of the molecule is Cc1cc(OCC(C)(C)O)ccc1[N+](=O)[O-]. The van der Waals surface area contributed by atoms with Gasteiger partial charge in [0.1, 0.15) is 12.4 Å². The van der Waals surface area contributed by atoms with Crippen molar-refractivity contribution in [1.82, 2.24) is 0 Å². The predicted molar refractivity (Wildman–Crippen MR) is 59.6 cm³/mol. The first kappa shape index (κ1) is 12.4. The Morgan fingerprint density at radius 2 is 2.12 bits per heavy atom. The number of aryl methyl sites for hydroxylation is 1. The highest BCUT2D eigenvalue weighted by Crippen LogP contribution is 2.23. The molecule has 5 nitrogen and oxygen atoms in total. The Bertz CT molecular complexity index is 395. The molecule has 1 rings (SSSR count). The van der Waals surface area contributed by atoms with Gasteiger partial charge < -0.3 is 9.84 Å². The van der Waals surface area contributed by atoms with Crippen LogP contribution in [0.15, 0.2) is 18.2 Å². The monoisotopic (exact) mass is 225 g/mol. The highest BCUT2D eigenvalue weighted by Gasteiger charge is 2.15. The van der Waals surface area contributed by atoms with Gasteiger partial charge in [-0.1, -0.05) is 0 Å². The van der Waals surface area contributed by atoms with Crippen molar-refractivity contribution in [3.63, 3.8) is 0 Å². The molecule has 0 amide bonds. The quantitative estimate of drug-likeness (QED) is 0.628. The second-order valence-corrected chi connectivity index (χ2v) is 4.31. The van der Waals surface area contributed by atoms with Gasteiger partial charge in [0.05, 0.1) is 10.5 Å². The number of nitro groups is 1. The first-order valence-corrected chi connectivity index (χ1v) is 4.90. The minimum absolute atomic E-state index is 0.0654. The maximum Gasteiger partial charge on any atom is 0.272 e. The number of aliphatic hydroxyl groups is 1. The lowest BCUT2D eigenvalue weighted by Gasteiger charge is -2.17. The van der Waals surface area contributed by atoms with Crippen molar-refractivity contribution in [3.8, 4) is 5.75 Å². The van der Waals surface area contributed by atoms with Gasteiger partial charge in [-0.15, -0.1) is 0 Å². The molecule has 16 heavy (non-hydrogen) atoms. The van der Waals surface area contributed by atoms with Gasteiger partial charge in [-0.3, -0.25) is 10.1 Å². The van der Waals surface area contributed by atoms with E-state index in [9.17, 15) is 15.2 Å². The molecule has 0 aliphatic heterocycles. The van der Waals surface area contributed by atoms with Gasteiger partial charge >= 0.3 is 0 Å². The van der Waals surface area contributed by atoms with Crippen molar-refractivity contribution in [2.45, 2.75) is 26.4 Å². The number of rotatable bonds is 4. The highest BCUT2D eigenvalue weighted by atomic mass is 16.6.